The zero-order valence-electron chi connectivity index (χ0n) is 10.9. The van der Waals surface area contributed by atoms with Crippen LogP contribution >= 0.6 is 11.6 Å². The van der Waals surface area contributed by atoms with Gasteiger partial charge in [-0.3, -0.25) is 18.7 Å². The number of H-pyrrole nitrogens is 3. The average molecular weight is 321 g/mol. The summed E-state index contributed by atoms with van der Waals surface area (Å²) in [5, 5.41) is 10.6. The van der Waals surface area contributed by atoms with Gasteiger partial charge in [0.25, 0.3) is 5.56 Å². The smallest absolute Gasteiger partial charge is 0.266 e. The van der Waals surface area contributed by atoms with E-state index >= 15 is 0 Å². The Hall–Kier alpha value is -3.07. The fraction of sp³-hybridized carbons (Fsp3) is 0. The fourth-order valence-corrected chi connectivity index (χ4v) is 2.11. The van der Waals surface area contributed by atoms with E-state index in [1.54, 1.807) is 30.5 Å². The van der Waals surface area contributed by atoms with Gasteiger partial charge in [0, 0.05) is 12.4 Å². The Morgan fingerprint density at radius 2 is 1.55 bits per heavy atom. The zero-order chi connectivity index (χ0) is 15.7. The van der Waals surface area contributed by atoms with Gasteiger partial charge < -0.3 is 0 Å². The largest absolute Gasteiger partial charge is 0.346 e. The van der Waals surface area contributed by atoms with Gasteiger partial charge in [-0.2, -0.15) is 5.10 Å². The van der Waals surface area contributed by atoms with Crippen LogP contribution < -0.4 is 16.9 Å². The summed E-state index contributed by atoms with van der Waals surface area (Å²) in [5.41, 5.74) is 0.0535. The fourth-order valence-electron chi connectivity index (χ4n) is 1.91. The Morgan fingerprint density at radius 1 is 0.909 bits per heavy atom. The third-order valence-corrected chi connectivity index (χ3v) is 3.19. The number of fused-ring (bicyclic) bond motifs is 2. The molecular weight excluding hydrogens is 312 g/mol. The number of rotatable bonds is 0. The number of aromatic amines is 3. The molecule has 0 aromatic carbocycles. The first-order chi connectivity index (χ1) is 10.6. The molecule has 0 atom stereocenters. The van der Waals surface area contributed by atoms with Gasteiger partial charge in [0.1, 0.15) is 5.52 Å². The molecule has 0 aliphatic rings. The number of halogens is 1. The van der Waals surface area contributed by atoms with Crippen LogP contribution in [0.5, 0.6) is 0 Å². The number of hydrogen-bond donors (Lipinski definition) is 3. The van der Waals surface area contributed by atoms with E-state index in [2.05, 4.69) is 20.4 Å². The molecule has 0 saturated carbocycles. The summed E-state index contributed by atoms with van der Waals surface area (Å²) < 4.78 is 2.65. The van der Waals surface area contributed by atoms with Crippen molar-refractivity contribution in [2.24, 2.45) is 0 Å². The van der Waals surface area contributed by atoms with Crippen molar-refractivity contribution in [3.05, 3.63) is 73.1 Å². The summed E-state index contributed by atoms with van der Waals surface area (Å²) in [6, 6.07) is 6.68. The monoisotopic (exact) mass is 320 g/mol. The minimum atomic E-state index is -0.343. The molecule has 0 bridgehead atoms. The quantitative estimate of drug-likeness (QED) is 0.422. The van der Waals surface area contributed by atoms with Crippen LogP contribution in [-0.2, 0) is 0 Å². The van der Waals surface area contributed by atoms with Crippen molar-refractivity contribution in [1.82, 2.24) is 29.2 Å². The van der Waals surface area contributed by atoms with E-state index in [-0.39, 0.29) is 16.9 Å². The number of hydrogen-bond acceptors (Lipinski definition) is 4. The molecule has 0 unspecified atom stereocenters. The van der Waals surface area contributed by atoms with E-state index in [4.69, 9.17) is 11.6 Å². The third-order valence-electron chi connectivity index (χ3n) is 2.91. The number of nitrogens with one attached hydrogen (secondary N) is 3. The second-order valence-corrected chi connectivity index (χ2v) is 4.59. The first kappa shape index (κ1) is 13.9. The highest BCUT2D eigenvalue weighted by Gasteiger charge is 2.00. The van der Waals surface area contributed by atoms with E-state index in [0.717, 1.165) is 0 Å². The van der Waals surface area contributed by atoms with Gasteiger partial charge in [-0.1, -0.05) is 11.6 Å². The van der Waals surface area contributed by atoms with E-state index in [0.29, 0.717) is 16.2 Å². The van der Waals surface area contributed by atoms with E-state index in [1.807, 2.05) is 0 Å². The highest BCUT2D eigenvalue weighted by molar-refractivity contribution is 6.32. The molecule has 4 aromatic rings. The topological polar surface area (TPSA) is 120 Å². The molecule has 22 heavy (non-hydrogen) atoms. The molecule has 4 rings (SSSR count). The van der Waals surface area contributed by atoms with E-state index < -0.39 is 0 Å². The van der Waals surface area contributed by atoms with Gasteiger partial charge in [-0.05, 0) is 24.3 Å². The molecule has 0 aliphatic heterocycles. The highest BCUT2D eigenvalue weighted by Crippen LogP contribution is 2.10. The summed E-state index contributed by atoms with van der Waals surface area (Å²) in [7, 11) is 0. The van der Waals surface area contributed by atoms with Crippen molar-refractivity contribution in [1.29, 1.82) is 0 Å². The number of aromatic nitrogens is 6. The molecule has 0 fully saturated rings. The lowest BCUT2D eigenvalue weighted by molar-refractivity contribution is 0.866. The summed E-state index contributed by atoms with van der Waals surface area (Å²) in [6.07, 6.45) is 3.16. The molecule has 0 radical (unpaired) electrons. The van der Waals surface area contributed by atoms with E-state index in [9.17, 15) is 14.4 Å². The van der Waals surface area contributed by atoms with Crippen LogP contribution in [0.15, 0.2) is 51.0 Å². The molecule has 0 aliphatic carbocycles. The Morgan fingerprint density at radius 3 is 2.18 bits per heavy atom. The van der Waals surface area contributed by atoms with Crippen LogP contribution in [0.25, 0.3) is 11.0 Å². The Labute approximate surface area is 125 Å². The van der Waals surface area contributed by atoms with Crippen LogP contribution in [0, 0.1) is 0 Å². The lowest BCUT2D eigenvalue weighted by atomic mass is 10.5. The molecule has 4 aromatic heterocycles. The second kappa shape index (κ2) is 5.37. The minimum absolute atomic E-state index is 0.283. The maximum absolute atomic E-state index is 11.0. The average Bonchev–Trinajstić information content (AvgIpc) is 3.17. The molecule has 0 amide bonds. The van der Waals surface area contributed by atoms with E-state index in [1.165, 1.54) is 15.0 Å². The van der Waals surface area contributed by atoms with Crippen molar-refractivity contribution in [3.8, 4) is 0 Å². The van der Waals surface area contributed by atoms with Crippen LogP contribution in [0.1, 0.15) is 0 Å². The highest BCUT2D eigenvalue weighted by atomic mass is 35.5. The predicted molar refractivity (Wildman–Crippen MR) is 79.5 cm³/mol. The van der Waals surface area contributed by atoms with Crippen LogP contribution in [-0.4, -0.2) is 29.2 Å². The summed E-state index contributed by atoms with van der Waals surface area (Å²) in [4.78, 5) is 32.9. The van der Waals surface area contributed by atoms with Gasteiger partial charge in [-0.25, -0.2) is 19.8 Å². The molecule has 112 valence electrons. The standard InChI is InChI=1S/C6H4ClN3O.C6H5N3O2/c7-5-4-2-1-3-10(4)6(11)9-8-5;10-5-4-2-1-3-9(4)6(11)8-7-5/h1-3H,(H,9,11);1-3H,(H,7,10)(H,8,11). The van der Waals surface area contributed by atoms with Crippen LogP contribution in [0.4, 0.5) is 0 Å². The zero-order valence-corrected chi connectivity index (χ0v) is 11.7. The first-order valence-corrected chi connectivity index (χ1v) is 6.45. The van der Waals surface area contributed by atoms with Crippen LogP contribution in [0.3, 0.4) is 0 Å². The molecular formula is C12H9ClN6O3. The normalized spacial score (nSPS) is 10.6. The maximum Gasteiger partial charge on any atom is 0.346 e. The van der Waals surface area contributed by atoms with Crippen molar-refractivity contribution in [2.45, 2.75) is 0 Å². The molecule has 4 heterocycles. The van der Waals surface area contributed by atoms with Crippen LogP contribution in [0.2, 0.25) is 5.15 Å². The summed E-state index contributed by atoms with van der Waals surface area (Å²) in [5.74, 6) is 0. The second-order valence-electron chi connectivity index (χ2n) is 4.23. The molecule has 3 N–H and O–H groups in total. The van der Waals surface area contributed by atoms with Gasteiger partial charge in [-0.15, -0.1) is 0 Å². The van der Waals surface area contributed by atoms with Gasteiger partial charge in [0.15, 0.2) is 5.15 Å². The maximum atomic E-state index is 11.0. The first-order valence-electron chi connectivity index (χ1n) is 6.07. The Kier molecular flexibility index (Phi) is 3.39. The van der Waals surface area contributed by atoms with Crippen molar-refractivity contribution in [2.75, 3.05) is 0 Å². The van der Waals surface area contributed by atoms with Crippen molar-refractivity contribution >= 4 is 22.6 Å². The van der Waals surface area contributed by atoms with Gasteiger partial charge >= 0.3 is 11.4 Å². The third kappa shape index (κ3) is 2.33. The van der Waals surface area contributed by atoms with Gasteiger partial charge in [0.2, 0.25) is 0 Å². The minimum Gasteiger partial charge on any atom is -0.266 e. The number of nitrogens with zero attached hydrogens (tertiary/aromatic N) is 3. The van der Waals surface area contributed by atoms with Gasteiger partial charge in [0.05, 0.1) is 5.52 Å². The SMILES string of the molecule is O=c1[nH][nH]c(=O)n2cccc12.O=c1[nH]nc(Cl)c2cccn12. The molecule has 0 spiro atoms. The van der Waals surface area contributed by atoms with Crippen molar-refractivity contribution < 1.29 is 0 Å². The summed E-state index contributed by atoms with van der Waals surface area (Å²) in [6.45, 7) is 0. The summed E-state index contributed by atoms with van der Waals surface area (Å²) >= 11 is 5.67. The Balaban J connectivity index is 0.000000131. The lowest BCUT2D eigenvalue weighted by Crippen LogP contribution is -2.24. The predicted octanol–water partition coefficient (Wildman–Crippen LogP) is -0.00810. The van der Waals surface area contributed by atoms with Crippen molar-refractivity contribution in [3.63, 3.8) is 0 Å². The Bertz CT molecular complexity index is 1070. The molecule has 10 heteroatoms. The lowest BCUT2D eigenvalue weighted by Gasteiger charge is -1.92. The molecule has 0 saturated heterocycles. The molecule has 9 nitrogen and oxygen atoms in total.